The topological polar surface area (TPSA) is 34.4 Å². The first-order valence-corrected chi connectivity index (χ1v) is 5.67. The van der Waals surface area contributed by atoms with Gasteiger partial charge in [-0.15, -0.1) is 0 Å². The molecular weight excluding hydrogens is 270 g/mol. The van der Waals surface area contributed by atoms with Gasteiger partial charge in [0.25, 0.3) is 0 Å². The van der Waals surface area contributed by atoms with Gasteiger partial charge < -0.3 is 14.4 Å². The maximum atomic E-state index is 9.12. The monoisotopic (exact) mass is 281 g/mol. The lowest BCUT2D eigenvalue weighted by Crippen LogP contribution is -1.93. The fraction of sp³-hybridized carbons (Fsp3) is 0.167. The highest BCUT2D eigenvalue weighted by atomic mass is 79.9. The Morgan fingerprint density at radius 1 is 1.31 bits per heavy atom. The third kappa shape index (κ3) is 2.58. The summed E-state index contributed by atoms with van der Waals surface area (Å²) < 4.78 is 8.58. The van der Waals surface area contributed by atoms with Crippen LogP contribution in [0.2, 0.25) is 0 Å². The molecule has 0 amide bonds. The number of phenols is 1. The second kappa shape index (κ2) is 4.61. The summed E-state index contributed by atoms with van der Waals surface area (Å²) in [6.07, 6.45) is 2.00. The molecule has 0 unspecified atom stereocenters. The summed E-state index contributed by atoms with van der Waals surface area (Å²) in [5.41, 5.74) is 1.10. The first-order chi connectivity index (χ1) is 7.65. The molecule has 0 radical (unpaired) electrons. The van der Waals surface area contributed by atoms with Gasteiger partial charge in [-0.05, 0) is 46.3 Å². The fourth-order valence-electron chi connectivity index (χ4n) is 1.39. The summed E-state index contributed by atoms with van der Waals surface area (Å²) in [6.45, 7) is 0.518. The summed E-state index contributed by atoms with van der Waals surface area (Å²) in [6, 6.07) is 8.72. The molecule has 3 nitrogen and oxygen atoms in total. The highest BCUT2D eigenvalue weighted by Crippen LogP contribution is 2.19. The van der Waals surface area contributed by atoms with E-state index in [1.54, 1.807) is 24.3 Å². The Hall–Kier alpha value is -1.42. The molecule has 16 heavy (non-hydrogen) atoms. The van der Waals surface area contributed by atoms with Crippen LogP contribution in [0.5, 0.6) is 11.5 Å². The molecule has 0 aliphatic carbocycles. The van der Waals surface area contributed by atoms with Crippen molar-refractivity contribution in [1.82, 2.24) is 4.57 Å². The van der Waals surface area contributed by atoms with E-state index in [0.29, 0.717) is 6.61 Å². The van der Waals surface area contributed by atoms with Crippen LogP contribution in [-0.4, -0.2) is 9.67 Å². The van der Waals surface area contributed by atoms with Gasteiger partial charge in [-0.2, -0.15) is 0 Å². The number of benzene rings is 1. The Labute approximate surface area is 102 Å². The molecule has 84 valence electrons. The van der Waals surface area contributed by atoms with Gasteiger partial charge in [-0.25, -0.2) is 0 Å². The number of phenolic OH excluding ortho intramolecular Hbond substituents is 1. The number of nitrogens with zero attached hydrogens (tertiary/aromatic N) is 1. The van der Waals surface area contributed by atoms with Gasteiger partial charge in [-0.3, -0.25) is 0 Å². The Morgan fingerprint density at radius 3 is 2.56 bits per heavy atom. The van der Waals surface area contributed by atoms with E-state index in [4.69, 9.17) is 9.84 Å². The van der Waals surface area contributed by atoms with E-state index in [-0.39, 0.29) is 5.75 Å². The number of aryl methyl sites for hydroxylation is 1. The molecule has 2 aromatic rings. The smallest absolute Gasteiger partial charge is 0.120 e. The van der Waals surface area contributed by atoms with E-state index in [1.165, 1.54) is 0 Å². The molecule has 0 fully saturated rings. The molecule has 4 heteroatoms. The predicted molar refractivity (Wildman–Crippen MR) is 65.6 cm³/mol. The molecular formula is C12H12BrNO2. The SMILES string of the molecule is Cn1cc(COc2ccc(O)cc2)cc1Br. The van der Waals surface area contributed by atoms with Crippen molar-refractivity contribution in [3.63, 3.8) is 0 Å². The summed E-state index contributed by atoms with van der Waals surface area (Å²) in [4.78, 5) is 0. The number of hydrogen-bond donors (Lipinski definition) is 1. The van der Waals surface area contributed by atoms with Crippen LogP contribution in [0.1, 0.15) is 5.56 Å². The normalized spacial score (nSPS) is 10.4. The average molecular weight is 282 g/mol. The molecule has 0 spiro atoms. The Balaban J connectivity index is 1.99. The number of hydrogen-bond acceptors (Lipinski definition) is 2. The average Bonchev–Trinajstić information content (AvgIpc) is 2.58. The van der Waals surface area contributed by atoms with E-state index >= 15 is 0 Å². The number of aromatic nitrogens is 1. The van der Waals surface area contributed by atoms with Crippen molar-refractivity contribution in [3.05, 3.63) is 46.7 Å². The van der Waals surface area contributed by atoms with Crippen molar-refractivity contribution in [3.8, 4) is 11.5 Å². The Bertz CT molecular complexity index is 457. The van der Waals surface area contributed by atoms with Crippen LogP contribution in [0.4, 0.5) is 0 Å². The summed E-state index contributed by atoms with van der Waals surface area (Å²) in [5.74, 6) is 0.993. The van der Waals surface area contributed by atoms with Gasteiger partial charge in [0.2, 0.25) is 0 Å². The van der Waals surface area contributed by atoms with Crippen molar-refractivity contribution in [2.24, 2.45) is 7.05 Å². The molecule has 0 bridgehead atoms. The maximum Gasteiger partial charge on any atom is 0.120 e. The minimum atomic E-state index is 0.245. The van der Waals surface area contributed by atoms with E-state index in [2.05, 4.69) is 15.9 Å². The van der Waals surface area contributed by atoms with E-state index in [1.807, 2.05) is 23.9 Å². The van der Waals surface area contributed by atoms with E-state index < -0.39 is 0 Å². The maximum absolute atomic E-state index is 9.12. The fourth-order valence-corrected chi connectivity index (χ4v) is 1.79. The third-order valence-corrected chi connectivity index (χ3v) is 3.03. The minimum Gasteiger partial charge on any atom is -0.508 e. The van der Waals surface area contributed by atoms with E-state index in [0.717, 1.165) is 15.9 Å². The van der Waals surface area contributed by atoms with Gasteiger partial charge >= 0.3 is 0 Å². The van der Waals surface area contributed by atoms with Crippen LogP contribution in [0, 0.1) is 0 Å². The number of aromatic hydroxyl groups is 1. The lowest BCUT2D eigenvalue weighted by Gasteiger charge is -2.04. The highest BCUT2D eigenvalue weighted by Gasteiger charge is 2.01. The second-order valence-corrected chi connectivity index (χ2v) is 4.38. The predicted octanol–water partition coefficient (Wildman–Crippen LogP) is 3.07. The van der Waals surface area contributed by atoms with Gasteiger partial charge in [0, 0.05) is 18.8 Å². The zero-order valence-electron chi connectivity index (χ0n) is 8.85. The van der Waals surface area contributed by atoms with Gasteiger partial charge in [0.05, 0.1) is 4.60 Å². The van der Waals surface area contributed by atoms with Gasteiger partial charge in [0.15, 0.2) is 0 Å². The van der Waals surface area contributed by atoms with Crippen molar-refractivity contribution in [1.29, 1.82) is 0 Å². The molecule has 0 atom stereocenters. The van der Waals surface area contributed by atoms with Crippen LogP contribution in [0.3, 0.4) is 0 Å². The minimum absolute atomic E-state index is 0.245. The van der Waals surface area contributed by atoms with Gasteiger partial charge in [-0.1, -0.05) is 0 Å². The van der Waals surface area contributed by atoms with Crippen LogP contribution >= 0.6 is 15.9 Å². The van der Waals surface area contributed by atoms with E-state index in [9.17, 15) is 0 Å². The number of halogens is 1. The molecule has 1 aromatic carbocycles. The summed E-state index contributed by atoms with van der Waals surface area (Å²) >= 11 is 3.43. The van der Waals surface area contributed by atoms with Crippen molar-refractivity contribution in [2.75, 3.05) is 0 Å². The summed E-state index contributed by atoms with van der Waals surface area (Å²) in [5, 5.41) is 9.12. The Morgan fingerprint density at radius 2 is 2.00 bits per heavy atom. The van der Waals surface area contributed by atoms with Crippen molar-refractivity contribution >= 4 is 15.9 Å². The molecule has 0 saturated heterocycles. The molecule has 0 aliphatic heterocycles. The molecule has 1 heterocycles. The second-order valence-electron chi connectivity index (χ2n) is 3.56. The first-order valence-electron chi connectivity index (χ1n) is 4.88. The van der Waals surface area contributed by atoms with Crippen LogP contribution in [0.15, 0.2) is 41.1 Å². The van der Waals surface area contributed by atoms with Crippen LogP contribution in [0.25, 0.3) is 0 Å². The molecule has 1 aromatic heterocycles. The number of ether oxygens (including phenoxy) is 1. The van der Waals surface area contributed by atoms with Crippen LogP contribution in [-0.2, 0) is 13.7 Å². The van der Waals surface area contributed by atoms with Crippen molar-refractivity contribution in [2.45, 2.75) is 6.61 Å². The molecule has 0 aliphatic rings. The molecule has 1 N–H and O–H groups in total. The van der Waals surface area contributed by atoms with Gasteiger partial charge in [0.1, 0.15) is 18.1 Å². The molecule has 0 saturated carbocycles. The van der Waals surface area contributed by atoms with Crippen molar-refractivity contribution < 1.29 is 9.84 Å². The quantitative estimate of drug-likeness (QED) is 0.938. The number of rotatable bonds is 3. The molecule has 2 rings (SSSR count). The Kier molecular flexibility index (Phi) is 3.19. The highest BCUT2D eigenvalue weighted by molar-refractivity contribution is 9.10. The van der Waals surface area contributed by atoms with Crippen LogP contribution < -0.4 is 4.74 Å². The zero-order chi connectivity index (χ0) is 11.5. The first kappa shape index (κ1) is 11.1. The largest absolute Gasteiger partial charge is 0.508 e. The third-order valence-electron chi connectivity index (χ3n) is 2.24. The summed E-state index contributed by atoms with van der Waals surface area (Å²) in [7, 11) is 1.97. The lowest BCUT2D eigenvalue weighted by atomic mass is 10.3. The lowest BCUT2D eigenvalue weighted by molar-refractivity contribution is 0.305. The standard InChI is InChI=1S/C12H12BrNO2/c1-14-7-9(6-12(14)13)8-16-11-4-2-10(15)3-5-11/h2-7,15H,8H2,1H3. The zero-order valence-corrected chi connectivity index (χ0v) is 10.4.